The van der Waals surface area contributed by atoms with Gasteiger partial charge in [0.2, 0.25) is 0 Å². The Bertz CT molecular complexity index is 1230. The minimum Gasteiger partial charge on any atom is -0.469 e. The number of hydrogen-bond donors (Lipinski definition) is 3. The number of nitrogens with one attached hydrogen (secondary N) is 2. The Hall–Kier alpha value is -2.79. The van der Waals surface area contributed by atoms with Crippen molar-refractivity contribution in [3.8, 4) is 0 Å². The number of carbonyl (C=O) groups excluding carboxylic acids is 1. The van der Waals surface area contributed by atoms with Crippen LogP contribution in [0.3, 0.4) is 0 Å². The summed E-state index contributed by atoms with van der Waals surface area (Å²) < 4.78 is 38.2. The molecule has 0 unspecified atom stereocenters. The summed E-state index contributed by atoms with van der Waals surface area (Å²) in [5.74, 6) is -0.0695. The summed E-state index contributed by atoms with van der Waals surface area (Å²) in [5.41, 5.74) is 3.43. The van der Waals surface area contributed by atoms with E-state index in [4.69, 9.17) is 14.3 Å². The Morgan fingerprint density at radius 1 is 1.11 bits per heavy atom. The zero-order chi connectivity index (χ0) is 24.8. The van der Waals surface area contributed by atoms with Crippen LogP contribution in [0.25, 0.3) is 0 Å². The molecule has 1 aliphatic carbocycles. The lowest BCUT2D eigenvalue weighted by Gasteiger charge is -2.21. The van der Waals surface area contributed by atoms with Crippen molar-refractivity contribution >= 4 is 33.3 Å². The molecular weight excluding hydrogens is 486 g/mol. The largest absolute Gasteiger partial charge is 0.469 e. The second-order valence-corrected chi connectivity index (χ2v) is 10.8. The van der Waals surface area contributed by atoms with Gasteiger partial charge in [-0.25, -0.2) is 4.98 Å². The highest BCUT2D eigenvalue weighted by molar-refractivity contribution is 7.87. The second-order valence-electron chi connectivity index (χ2n) is 8.73. The van der Waals surface area contributed by atoms with E-state index in [1.807, 2.05) is 35.1 Å². The lowest BCUT2D eigenvalue weighted by atomic mass is 9.98. The number of ether oxygens (including phenoxy) is 1. The summed E-state index contributed by atoms with van der Waals surface area (Å²) in [6.07, 6.45) is 3.51. The van der Waals surface area contributed by atoms with Crippen LogP contribution in [-0.2, 0) is 32.7 Å². The van der Waals surface area contributed by atoms with Gasteiger partial charge >= 0.3 is 16.3 Å². The molecule has 0 amide bonds. The zero-order valence-corrected chi connectivity index (χ0v) is 21.0. The van der Waals surface area contributed by atoms with Gasteiger partial charge in [0, 0.05) is 17.8 Å². The van der Waals surface area contributed by atoms with Gasteiger partial charge in [0.05, 0.1) is 30.5 Å². The average Bonchev–Trinajstić information content (AvgIpc) is 3.57. The standard InChI is InChI=1S/C25H29N3O5S2/c1-33-25(29)20(13-17-5-3-2-4-6-17)15-26-22(24-27-23(16-34-24)19-9-10-19)14-18-7-11-21(12-8-18)28-35(30,31)32/h2-8,11-12,16,19-20,22,26,28H,9-10,13-15H2,1H3,(H,30,31,32)/t20-,22-/m0/s1. The minimum absolute atomic E-state index is 0.129. The van der Waals surface area contributed by atoms with E-state index >= 15 is 0 Å². The van der Waals surface area contributed by atoms with Gasteiger partial charge in [-0.3, -0.25) is 14.1 Å². The predicted octanol–water partition coefficient (Wildman–Crippen LogP) is 4.14. The molecule has 1 aromatic heterocycles. The topological polar surface area (TPSA) is 118 Å². The number of esters is 1. The van der Waals surface area contributed by atoms with Gasteiger partial charge in [-0.05, 0) is 48.9 Å². The van der Waals surface area contributed by atoms with Crippen LogP contribution in [0.4, 0.5) is 5.69 Å². The lowest BCUT2D eigenvalue weighted by Crippen LogP contribution is -2.34. The van der Waals surface area contributed by atoms with Crippen molar-refractivity contribution in [2.45, 2.75) is 37.6 Å². The van der Waals surface area contributed by atoms with Crippen molar-refractivity contribution < 1.29 is 22.5 Å². The maximum Gasteiger partial charge on any atom is 0.357 e. The summed E-state index contributed by atoms with van der Waals surface area (Å²) in [6.45, 7) is 0.424. The van der Waals surface area contributed by atoms with Crippen molar-refractivity contribution in [2.75, 3.05) is 18.4 Å². The van der Waals surface area contributed by atoms with E-state index in [1.54, 1.807) is 35.6 Å². The number of nitrogens with zero attached hydrogens (tertiary/aromatic N) is 1. The molecule has 186 valence electrons. The van der Waals surface area contributed by atoms with Crippen LogP contribution in [0.1, 0.15) is 46.6 Å². The zero-order valence-electron chi connectivity index (χ0n) is 19.4. The van der Waals surface area contributed by atoms with Crippen molar-refractivity contribution in [1.82, 2.24) is 10.3 Å². The summed E-state index contributed by atoms with van der Waals surface area (Å²) in [7, 11) is -2.92. The van der Waals surface area contributed by atoms with E-state index in [2.05, 4.69) is 10.7 Å². The third-order valence-corrected chi connectivity index (χ3v) is 7.41. The number of benzene rings is 2. The lowest BCUT2D eigenvalue weighted by molar-refractivity contribution is -0.145. The van der Waals surface area contributed by atoms with Crippen LogP contribution in [0.2, 0.25) is 0 Å². The van der Waals surface area contributed by atoms with Gasteiger partial charge in [-0.1, -0.05) is 42.5 Å². The fourth-order valence-electron chi connectivity index (χ4n) is 3.96. The normalized spacial score (nSPS) is 15.4. The Morgan fingerprint density at radius 2 is 1.80 bits per heavy atom. The smallest absolute Gasteiger partial charge is 0.357 e. The Kier molecular flexibility index (Phi) is 8.17. The Morgan fingerprint density at radius 3 is 2.43 bits per heavy atom. The number of rotatable bonds is 12. The van der Waals surface area contributed by atoms with Crippen LogP contribution in [0.15, 0.2) is 60.0 Å². The van der Waals surface area contributed by atoms with Crippen LogP contribution in [0, 0.1) is 5.92 Å². The molecular formula is C25H29N3O5S2. The van der Waals surface area contributed by atoms with Crippen molar-refractivity contribution in [3.05, 3.63) is 81.8 Å². The number of carbonyl (C=O) groups is 1. The average molecular weight is 516 g/mol. The molecule has 10 heteroatoms. The predicted molar refractivity (Wildman–Crippen MR) is 136 cm³/mol. The summed E-state index contributed by atoms with van der Waals surface area (Å²) in [5, 5.41) is 6.61. The van der Waals surface area contributed by atoms with E-state index in [9.17, 15) is 13.2 Å². The highest BCUT2D eigenvalue weighted by Gasteiger charge is 2.28. The molecule has 4 rings (SSSR count). The molecule has 0 spiro atoms. The van der Waals surface area contributed by atoms with Gasteiger partial charge in [-0.2, -0.15) is 8.42 Å². The first kappa shape index (κ1) is 25.3. The molecule has 1 fully saturated rings. The fraction of sp³-hybridized carbons (Fsp3) is 0.360. The Balaban J connectivity index is 1.50. The summed E-state index contributed by atoms with van der Waals surface area (Å²) in [6, 6.07) is 16.5. The maximum atomic E-state index is 12.5. The number of aromatic nitrogens is 1. The highest BCUT2D eigenvalue weighted by Crippen LogP contribution is 2.41. The molecule has 35 heavy (non-hydrogen) atoms. The van der Waals surface area contributed by atoms with Gasteiger partial charge in [-0.15, -0.1) is 11.3 Å². The first-order chi connectivity index (χ1) is 16.8. The highest BCUT2D eigenvalue weighted by atomic mass is 32.2. The summed E-state index contributed by atoms with van der Waals surface area (Å²) in [4.78, 5) is 17.4. The molecule has 0 aliphatic heterocycles. The first-order valence-corrected chi connectivity index (χ1v) is 13.8. The fourth-order valence-corrected chi connectivity index (χ4v) is 5.37. The quantitative estimate of drug-likeness (QED) is 0.245. The number of thiazole rings is 1. The van der Waals surface area contributed by atoms with Gasteiger partial charge in [0.1, 0.15) is 5.01 Å². The van der Waals surface area contributed by atoms with Crippen LogP contribution < -0.4 is 10.0 Å². The van der Waals surface area contributed by atoms with Crippen LogP contribution in [0.5, 0.6) is 0 Å². The number of hydrogen-bond acceptors (Lipinski definition) is 7. The molecule has 1 saturated carbocycles. The third kappa shape index (κ3) is 7.60. The maximum absolute atomic E-state index is 12.5. The molecule has 1 heterocycles. The minimum atomic E-state index is -4.32. The molecule has 8 nitrogen and oxygen atoms in total. The molecule has 2 atom stereocenters. The summed E-state index contributed by atoms with van der Waals surface area (Å²) >= 11 is 1.61. The van der Waals surface area contributed by atoms with Crippen LogP contribution >= 0.6 is 11.3 Å². The SMILES string of the molecule is COC(=O)[C@H](CN[C@@H](Cc1ccc(NS(=O)(=O)O)cc1)c1nc(C2CC2)cs1)Cc1ccccc1. The molecule has 3 N–H and O–H groups in total. The van der Waals surface area contributed by atoms with E-state index < -0.39 is 10.3 Å². The van der Waals surface area contributed by atoms with Crippen molar-refractivity contribution in [3.63, 3.8) is 0 Å². The first-order valence-electron chi connectivity index (χ1n) is 11.5. The Labute approximate surface area is 209 Å². The van der Waals surface area contributed by atoms with E-state index in [-0.39, 0.29) is 23.6 Å². The van der Waals surface area contributed by atoms with E-state index in [0.717, 1.165) is 21.8 Å². The molecule has 0 bridgehead atoms. The molecule has 0 radical (unpaired) electrons. The number of methoxy groups -OCH3 is 1. The molecule has 2 aromatic carbocycles. The van der Waals surface area contributed by atoms with Gasteiger partial charge in [0.25, 0.3) is 0 Å². The van der Waals surface area contributed by atoms with Gasteiger partial charge in [0.15, 0.2) is 0 Å². The van der Waals surface area contributed by atoms with Crippen molar-refractivity contribution in [1.29, 1.82) is 0 Å². The third-order valence-electron chi connectivity index (χ3n) is 5.94. The van der Waals surface area contributed by atoms with Crippen molar-refractivity contribution in [2.24, 2.45) is 5.92 Å². The molecule has 1 aliphatic rings. The molecule has 3 aromatic rings. The van der Waals surface area contributed by atoms with E-state index in [1.165, 1.54) is 20.0 Å². The second kappa shape index (κ2) is 11.3. The van der Waals surface area contributed by atoms with Crippen LogP contribution in [-0.4, -0.2) is 37.6 Å². The molecule has 0 saturated heterocycles. The monoisotopic (exact) mass is 515 g/mol. The van der Waals surface area contributed by atoms with E-state index in [0.29, 0.717) is 25.3 Å². The number of anilines is 1. The van der Waals surface area contributed by atoms with Gasteiger partial charge < -0.3 is 10.1 Å².